The Morgan fingerprint density at radius 2 is 1.60 bits per heavy atom. The highest BCUT2D eigenvalue weighted by Crippen LogP contribution is 2.31. The first-order chi connectivity index (χ1) is 14.3. The zero-order chi connectivity index (χ0) is 22.3. The molecule has 1 aromatic heterocycles. The van der Waals surface area contributed by atoms with E-state index in [1.807, 2.05) is 0 Å². The lowest BCUT2D eigenvalue weighted by Crippen LogP contribution is -2.37. The lowest BCUT2D eigenvalue weighted by Gasteiger charge is -2.26. The SMILES string of the molecule is CCOC(=O)C(C(=O)OCC)C(Nc1nc(C)c(Cl)c(OC)n1)c1ccc(Cl)cc1. The van der Waals surface area contributed by atoms with Crippen molar-refractivity contribution < 1.29 is 23.8 Å². The third kappa shape index (κ3) is 5.73. The van der Waals surface area contributed by atoms with Gasteiger partial charge in [-0.05, 0) is 38.5 Å². The first-order valence-electron chi connectivity index (χ1n) is 9.25. The van der Waals surface area contributed by atoms with Crippen LogP contribution in [0.5, 0.6) is 5.88 Å². The summed E-state index contributed by atoms with van der Waals surface area (Å²) in [6.07, 6.45) is 0. The molecule has 0 saturated carbocycles. The fourth-order valence-corrected chi connectivity index (χ4v) is 3.02. The maximum Gasteiger partial charge on any atom is 0.322 e. The molecule has 0 spiro atoms. The maximum atomic E-state index is 12.7. The molecule has 10 heteroatoms. The van der Waals surface area contributed by atoms with E-state index in [2.05, 4.69) is 15.3 Å². The average molecular weight is 456 g/mol. The van der Waals surface area contributed by atoms with Gasteiger partial charge in [-0.2, -0.15) is 4.98 Å². The number of benzene rings is 1. The summed E-state index contributed by atoms with van der Waals surface area (Å²) in [7, 11) is 1.42. The van der Waals surface area contributed by atoms with Crippen molar-refractivity contribution in [3.63, 3.8) is 0 Å². The summed E-state index contributed by atoms with van der Waals surface area (Å²) in [4.78, 5) is 33.9. The van der Waals surface area contributed by atoms with Crippen molar-refractivity contribution in [1.29, 1.82) is 0 Å². The molecule has 0 aliphatic heterocycles. The van der Waals surface area contributed by atoms with Crippen molar-refractivity contribution in [3.8, 4) is 5.88 Å². The standard InChI is InChI=1S/C20H23Cl2N3O5/c1-5-29-18(26)14(19(27)30-6-2)16(12-7-9-13(21)10-8-12)24-20-23-11(3)15(22)17(25-20)28-4/h7-10,14,16H,5-6H2,1-4H3,(H,23,24,25). The molecule has 2 aromatic rings. The Morgan fingerprint density at radius 3 is 2.10 bits per heavy atom. The van der Waals surface area contributed by atoms with Crippen LogP contribution in [0.15, 0.2) is 24.3 Å². The molecule has 1 atom stereocenters. The third-order valence-corrected chi connectivity index (χ3v) is 4.80. The molecule has 0 aliphatic carbocycles. The van der Waals surface area contributed by atoms with Gasteiger partial charge in [0.2, 0.25) is 11.8 Å². The molecular weight excluding hydrogens is 433 g/mol. The molecule has 162 valence electrons. The molecule has 8 nitrogen and oxygen atoms in total. The van der Waals surface area contributed by atoms with E-state index in [1.165, 1.54) is 7.11 Å². The lowest BCUT2D eigenvalue weighted by atomic mass is 9.93. The van der Waals surface area contributed by atoms with Crippen LogP contribution in [0.2, 0.25) is 10.0 Å². The zero-order valence-corrected chi connectivity index (χ0v) is 18.6. The normalized spacial score (nSPS) is 11.7. The molecule has 0 bridgehead atoms. The van der Waals surface area contributed by atoms with Crippen LogP contribution in [-0.2, 0) is 19.1 Å². The average Bonchev–Trinajstić information content (AvgIpc) is 2.71. The van der Waals surface area contributed by atoms with Gasteiger partial charge in [-0.3, -0.25) is 9.59 Å². The Bertz CT molecular complexity index is 875. The second-order valence-corrected chi connectivity index (χ2v) is 6.93. The Hall–Kier alpha value is -2.58. The molecular formula is C20H23Cl2N3O5. The van der Waals surface area contributed by atoms with Crippen LogP contribution in [0.1, 0.15) is 31.1 Å². The van der Waals surface area contributed by atoms with Crippen LogP contribution in [0.25, 0.3) is 0 Å². The summed E-state index contributed by atoms with van der Waals surface area (Å²) in [5.41, 5.74) is 1.05. The molecule has 1 aromatic carbocycles. The Morgan fingerprint density at radius 1 is 1.03 bits per heavy atom. The van der Waals surface area contributed by atoms with E-state index in [0.29, 0.717) is 16.3 Å². The van der Waals surface area contributed by atoms with E-state index >= 15 is 0 Å². The van der Waals surface area contributed by atoms with E-state index in [4.69, 9.17) is 37.4 Å². The number of hydrogen-bond donors (Lipinski definition) is 1. The number of halogens is 2. The molecule has 0 radical (unpaired) electrons. The van der Waals surface area contributed by atoms with Crippen molar-refractivity contribution in [3.05, 3.63) is 45.6 Å². The van der Waals surface area contributed by atoms with E-state index in [0.717, 1.165) is 0 Å². The number of methoxy groups -OCH3 is 1. The number of carbonyl (C=O) groups is 2. The smallest absolute Gasteiger partial charge is 0.322 e. The van der Waals surface area contributed by atoms with Crippen LogP contribution >= 0.6 is 23.2 Å². The molecule has 0 aliphatic rings. The van der Waals surface area contributed by atoms with E-state index in [1.54, 1.807) is 45.0 Å². The number of aromatic nitrogens is 2. The number of carbonyl (C=O) groups excluding carboxylic acids is 2. The predicted molar refractivity (Wildman–Crippen MR) is 113 cm³/mol. The number of ether oxygens (including phenoxy) is 3. The summed E-state index contributed by atoms with van der Waals surface area (Å²) >= 11 is 12.1. The van der Waals surface area contributed by atoms with Crippen LogP contribution in [-0.4, -0.2) is 42.2 Å². The van der Waals surface area contributed by atoms with Gasteiger partial charge in [-0.25, -0.2) is 4.98 Å². The highest BCUT2D eigenvalue weighted by molar-refractivity contribution is 6.32. The fraction of sp³-hybridized carbons (Fsp3) is 0.400. The monoisotopic (exact) mass is 455 g/mol. The number of nitrogens with one attached hydrogen (secondary N) is 1. The predicted octanol–water partition coefficient (Wildman–Crippen LogP) is 4.00. The van der Waals surface area contributed by atoms with E-state index in [-0.39, 0.29) is 30.1 Å². The number of aryl methyl sites for hydroxylation is 1. The fourth-order valence-electron chi connectivity index (χ4n) is 2.73. The van der Waals surface area contributed by atoms with E-state index < -0.39 is 23.9 Å². The maximum absolute atomic E-state index is 12.7. The Balaban J connectivity index is 2.55. The molecule has 0 saturated heterocycles. The minimum Gasteiger partial charge on any atom is -0.480 e. The minimum absolute atomic E-state index is 0.104. The van der Waals surface area contributed by atoms with Crippen LogP contribution in [0, 0.1) is 12.8 Å². The third-order valence-electron chi connectivity index (χ3n) is 4.11. The van der Waals surface area contributed by atoms with Gasteiger partial charge in [0.1, 0.15) is 5.02 Å². The number of nitrogens with zero attached hydrogens (tertiary/aromatic N) is 2. The number of anilines is 1. The van der Waals surface area contributed by atoms with Gasteiger partial charge in [0.05, 0.1) is 32.1 Å². The molecule has 2 rings (SSSR count). The Labute approximate surface area is 184 Å². The highest BCUT2D eigenvalue weighted by Gasteiger charge is 2.39. The topological polar surface area (TPSA) is 99.6 Å². The second-order valence-electron chi connectivity index (χ2n) is 6.11. The van der Waals surface area contributed by atoms with Crippen molar-refractivity contribution in [2.24, 2.45) is 5.92 Å². The van der Waals surface area contributed by atoms with Gasteiger partial charge >= 0.3 is 11.9 Å². The van der Waals surface area contributed by atoms with Gasteiger partial charge in [-0.15, -0.1) is 0 Å². The quantitative estimate of drug-likeness (QED) is 0.447. The van der Waals surface area contributed by atoms with Gasteiger partial charge in [0.15, 0.2) is 5.92 Å². The highest BCUT2D eigenvalue weighted by atomic mass is 35.5. The van der Waals surface area contributed by atoms with Crippen molar-refractivity contribution in [2.75, 3.05) is 25.6 Å². The van der Waals surface area contributed by atoms with E-state index in [9.17, 15) is 9.59 Å². The summed E-state index contributed by atoms with van der Waals surface area (Å²) < 4.78 is 15.4. The van der Waals surface area contributed by atoms with Crippen molar-refractivity contribution in [2.45, 2.75) is 26.8 Å². The van der Waals surface area contributed by atoms with Crippen molar-refractivity contribution in [1.82, 2.24) is 9.97 Å². The molecule has 1 heterocycles. The lowest BCUT2D eigenvalue weighted by molar-refractivity contribution is -0.162. The largest absolute Gasteiger partial charge is 0.480 e. The summed E-state index contributed by atoms with van der Waals surface area (Å²) in [5.74, 6) is -2.50. The van der Waals surface area contributed by atoms with Crippen molar-refractivity contribution >= 4 is 41.1 Å². The molecule has 1 unspecified atom stereocenters. The molecule has 30 heavy (non-hydrogen) atoms. The van der Waals surface area contributed by atoms with Crippen LogP contribution in [0.4, 0.5) is 5.95 Å². The second kappa shape index (κ2) is 11.0. The molecule has 0 fully saturated rings. The first-order valence-corrected chi connectivity index (χ1v) is 10.0. The summed E-state index contributed by atoms with van der Waals surface area (Å²) in [5, 5.41) is 3.79. The van der Waals surface area contributed by atoms with Gasteiger partial charge in [-0.1, -0.05) is 35.3 Å². The van der Waals surface area contributed by atoms with Gasteiger partial charge in [0, 0.05) is 5.02 Å². The summed E-state index contributed by atoms with van der Waals surface area (Å²) in [6.45, 7) is 5.20. The minimum atomic E-state index is -1.31. The zero-order valence-electron chi connectivity index (χ0n) is 17.1. The molecule has 0 amide bonds. The van der Waals surface area contributed by atoms with Gasteiger partial charge < -0.3 is 19.5 Å². The number of rotatable bonds is 9. The first kappa shape index (κ1) is 23.7. The summed E-state index contributed by atoms with van der Waals surface area (Å²) in [6, 6.07) is 5.77. The number of hydrogen-bond acceptors (Lipinski definition) is 8. The van der Waals surface area contributed by atoms with Crippen LogP contribution < -0.4 is 10.1 Å². The molecule has 1 N–H and O–H groups in total. The van der Waals surface area contributed by atoms with Gasteiger partial charge in [0.25, 0.3) is 0 Å². The Kier molecular flexibility index (Phi) is 8.68. The number of esters is 2. The van der Waals surface area contributed by atoms with Crippen LogP contribution in [0.3, 0.4) is 0 Å².